The minimum atomic E-state index is -4.58. The van der Waals surface area contributed by atoms with Crippen molar-refractivity contribution in [2.24, 2.45) is 0 Å². The number of anilines is 1. The van der Waals surface area contributed by atoms with Crippen LogP contribution in [0.5, 0.6) is 0 Å². The van der Waals surface area contributed by atoms with Gasteiger partial charge in [0.05, 0.1) is 11.3 Å². The zero-order valence-corrected chi connectivity index (χ0v) is 11.4. The third-order valence-electron chi connectivity index (χ3n) is 2.37. The lowest BCUT2D eigenvalue weighted by Crippen LogP contribution is -2.44. The molecule has 1 rings (SSSR count). The Bertz CT molecular complexity index is 506. The van der Waals surface area contributed by atoms with E-state index in [9.17, 15) is 22.8 Å². The van der Waals surface area contributed by atoms with E-state index < -0.39 is 29.6 Å². The van der Waals surface area contributed by atoms with Crippen LogP contribution in [0.25, 0.3) is 0 Å². The van der Waals surface area contributed by atoms with E-state index in [1.165, 1.54) is 19.1 Å². The first kappa shape index (κ1) is 16.4. The summed E-state index contributed by atoms with van der Waals surface area (Å²) in [7, 11) is 0. The highest BCUT2D eigenvalue weighted by Gasteiger charge is 2.34. The number of hydrogen-bond donors (Lipinski definition) is 3. The number of carbonyl (C=O) groups excluding carboxylic acids is 2. The van der Waals surface area contributed by atoms with Crippen LogP contribution in [0.2, 0.25) is 0 Å². The standard InChI is InChI=1S/C12H13F3N2O2S/c1-7(18)16-10(6-20)11(19)17-9-5-3-2-4-8(9)12(13,14)15/h2-5,10,20H,6H2,1H3,(H,16,18)(H,17,19). The molecule has 1 unspecified atom stereocenters. The summed E-state index contributed by atoms with van der Waals surface area (Å²) in [6.45, 7) is 1.20. The molecule has 2 N–H and O–H groups in total. The maximum atomic E-state index is 12.8. The van der Waals surface area contributed by atoms with Gasteiger partial charge in [0.2, 0.25) is 11.8 Å². The first-order valence-electron chi connectivity index (χ1n) is 5.60. The number of alkyl halides is 3. The van der Waals surface area contributed by atoms with Crippen molar-refractivity contribution in [3.8, 4) is 0 Å². The number of carbonyl (C=O) groups is 2. The summed E-state index contributed by atoms with van der Waals surface area (Å²) in [5.41, 5.74) is -1.31. The molecule has 0 aromatic heterocycles. The van der Waals surface area contributed by atoms with Gasteiger partial charge in [-0.05, 0) is 12.1 Å². The predicted molar refractivity (Wildman–Crippen MR) is 71.5 cm³/mol. The molecule has 0 aliphatic heterocycles. The van der Waals surface area contributed by atoms with Gasteiger partial charge in [0.15, 0.2) is 0 Å². The molecule has 0 heterocycles. The van der Waals surface area contributed by atoms with E-state index in [1.807, 2.05) is 0 Å². The first-order valence-corrected chi connectivity index (χ1v) is 6.24. The molecule has 0 radical (unpaired) electrons. The van der Waals surface area contributed by atoms with Crippen LogP contribution in [-0.2, 0) is 15.8 Å². The third kappa shape index (κ3) is 4.44. The van der Waals surface area contributed by atoms with Crippen molar-refractivity contribution < 1.29 is 22.8 Å². The quantitative estimate of drug-likeness (QED) is 0.746. The Hall–Kier alpha value is -1.70. The van der Waals surface area contributed by atoms with Crippen molar-refractivity contribution >= 4 is 30.1 Å². The highest BCUT2D eigenvalue weighted by molar-refractivity contribution is 7.80. The maximum Gasteiger partial charge on any atom is 0.418 e. The van der Waals surface area contributed by atoms with Gasteiger partial charge in [-0.2, -0.15) is 25.8 Å². The molecule has 2 amide bonds. The number of benzene rings is 1. The number of para-hydroxylation sites is 1. The number of halogens is 3. The van der Waals surface area contributed by atoms with E-state index in [0.717, 1.165) is 12.1 Å². The Kier molecular flexibility index (Phi) is 5.43. The second-order valence-electron chi connectivity index (χ2n) is 3.97. The smallest absolute Gasteiger partial charge is 0.344 e. The van der Waals surface area contributed by atoms with Crippen LogP contribution in [0.4, 0.5) is 18.9 Å². The van der Waals surface area contributed by atoms with Gasteiger partial charge in [0.1, 0.15) is 6.04 Å². The fraction of sp³-hybridized carbons (Fsp3) is 0.333. The fourth-order valence-corrected chi connectivity index (χ4v) is 1.76. The molecule has 0 fully saturated rings. The molecule has 0 bridgehead atoms. The van der Waals surface area contributed by atoms with Crippen LogP contribution in [0.15, 0.2) is 24.3 Å². The second-order valence-corrected chi connectivity index (χ2v) is 4.33. The first-order chi connectivity index (χ1) is 9.25. The number of rotatable bonds is 4. The molecule has 0 saturated carbocycles. The van der Waals surface area contributed by atoms with Crippen molar-refractivity contribution in [3.05, 3.63) is 29.8 Å². The van der Waals surface area contributed by atoms with E-state index in [1.54, 1.807) is 0 Å². The van der Waals surface area contributed by atoms with Crippen molar-refractivity contribution in [2.45, 2.75) is 19.1 Å². The summed E-state index contributed by atoms with van der Waals surface area (Å²) >= 11 is 3.88. The molecule has 1 atom stereocenters. The lowest BCUT2D eigenvalue weighted by atomic mass is 10.1. The zero-order chi connectivity index (χ0) is 15.3. The van der Waals surface area contributed by atoms with Crippen molar-refractivity contribution in [2.75, 3.05) is 11.1 Å². The van der Waals surface area contributed by atoms with E-state index in [-0.39, 0.29) is 11.4 Å². The maximum absolute atomic E-state index is 12.8. The summed E-state index contributed by atoms with van der Waals surface area (Å²) in [4.78, 5) is 22.7. The van der Waals surface area contributed by atoms with Gasteiger partial charge >= 0.3 is 6.18 Å². The van der Waals surface area contributed by atoms with E-state index in [0.29, 0.717) is 0 Å². The Morgan fingerprint density at radius 3 is 2.40 bits per heavy atom. The summed E-state index contributed by atoms with van der Waals surface area (Å²) in [5.74, 6) is -1.25. The van der Waals surface area contributed by atoms with Crippen LogP contribution in [-0.4, -0.2) is 23.6 Å². The summed E-state index contributed by atoms with van der Waals surface area (Å²) in [5, 5.41) is 4.45. The summed E-state index contributed by atoms with van der Waals surface area (Å²) in [6.07, 6.45) is -4.58. The zero-order valence-electron chi connectivity index (χ0n) is 10.5. The highest BCUT2D eigenvalue weighted by atomic mass is 32.1. The van der Waals surface area contributed by atoms with Crippen molar-refractivity contribution in [3.63, 3.8) is 0 Å². The minimum absolute atomic E-state index is 0.0282. The van der Waals surface area contributed by atoms with Crippen LogP contribution in [0.1, 0.15) is 12.5 Å². The molecule has 1 aromatic rings. The Balaban J connectivity index is 2.93. The molecule has 4 nitrogen and oxygen atoms in total. The van der Waals surface area contributed by atoms with Gasteiger partial charge in [-0.3, -0.25) is 9.59 Å². The lowest BCUT2D eigenvalue weighted by molar-refractivity contribution is -0.137. The molecular weight excluding hydrogens is 293 g/mol. The monoisotopic (exact) mass is 306 g/mol. The van der Waals surface area contributed by atoms with Crippen LogP contribution >= 0.6 is 12.6 Å². The van der Waals surface area contributed by atoms with E-state index >= 15 is 0 Å². The van der Waals surface area contributed by atoms with Gasteiger partial charge < -0.3 is 10.6 Å². The van der Waals surface area contributed by atoms with Gasteiger partial charge in [0, 0.05) is 12.7 Å². The average Bonchev–Trinajstić information content (AvgIpc) is 2.34. The molecule has 0 aliphatic carbocycles. The fourth-order valence-electron chi connectivity index (χ4n) is 1.50. The summed E-state index contributed by atoms with van der Waals surface area (Å²) < 4.78 is 38.3. The van der Waals surface area contributed by atoms with Gasteiger partial charge in [-0.15, -0.1) is 0 Å². The Labute approximate surface area is 119 Å². The Morgan fingerprint density at radius 1 is 1.30 bits per heavy atom. The summed E-state index contributed by atoms with van der Waals surface area (Å²) in [6, 6.07) is 3.60. The molecule has 1 aromatic carbocycles. The molecule has 0 saturated heterocycles. The van der Waals surface area contributed by atoms with Crippen LogP contribution in [0.3, 0.4) is 0 Å². The second kappa shape index (κ2) is 6.65. The number of amides is 2. The van der Waals surface area contributed by atoms with E-state index in [4.69, 9.17) is 0 Å². The molecule has 0 spiro atoms. The lowest BCUT2D eigenvalue weighted by Gasteiger charge is -2.18. The number of thiol groups is 1. The van der Waals surface area contributed by atoms with Gasteiger partial charge in [-0.1, -0.05) is 12.1 Å². The van der Waals surface area contributed by atoms with Crippen molar-refractivity contribution in [1.29, 1.82) is 0 Å². The van der Waals surface area contributed by atoms with E-state index in [2.05, 4.69) is 23.3 Å². The van der Waals surface area contributed by atoms with Gasteiger partial charge in [-0.25, -0.2) is 0 Å². The minimum Gasteiger partial charge on any atom is -0.344 e. The Morgan fingerprint density at radius 2 is 1.90 bits per heavy atom. The highest BCUT2D eigenvalue weighted by Crippen LogP contribution is 2.34. The average molecular weight is 306 g/mol. The molecular formula is C12H13F3N2O2S. The van der Waals surface area contributed by atoms with Crippen molar-refractivity contribution in [1.82, 2.24) is 5.32 Å². The normalized spacial score (nSPS) is 12.7. The topological polar surface area (TPSA) is 58.2 Å². The predicted octanol–water partition coefficient (Wildman–Crippen LogP) is 2.08. The third-order valence-corrected chi connectivity index (χ3v) is 2.73. The molecule has 110 valence electrons. The van der Waals surface area contributed by atoms with Crippen LogP contribution in [0, 0.1) is 0 Å². The largest absolute Gasteiger partial charge is 0.418 e. The van der Waals surface area contributed by atoms with Gasteiger partial charge in [0.25, 0.3) is 0 Å². The molecule has 8 heteroatoms. The SMILES string of the molecule is CC(=O)NC(CS)C(=O)Nc1ccccc1C(F)(F)F. The molecule has 20 heavy (non-hydrogen) atoms. The van der Waals surface area contributed by atoms with Crippen LogP contribution < -0.4 is 10.6 Å². The number of hydrogen-bond acceptors (Lipinski definition) is 3. The molecule has 0 aliphatic rings. The number of nitrogens with one attached hydrogen (secondary N) is 2.